The van der Waals surface area contributed by atoms with E-state index in [9.17, 15) is 4.79 Å². The first kappa shape index (κ1) is 15.4. The number of carbonyl (C=O) groups is 1. The summed E-state index contributed by atoms with van der Waals surface area (Å²) in [7, 11) is 0. The van der Waals surface area contributed by atoms with Crippen molar-refractivity contribution in [2.45, 2.75) is 25.8 Å². The number of hydrogen-bond acceptors (Lipinski definition) is 1. The number of benzene rings is 1. The van der Waals surface area contributed by atoms with Crippen molar-refractivity contribution >= 4 is 60.4 Å². The fourth-order valence-electron chi connectivity index (χ4n) is 1.44. The number of alkyl halides is 1. The van der Waals surface area contributed by atoms with E-state index >= 15 is 0 Å². The molecular weight excluding hydrogens is 461 g/mol. The average molecular weight is 475 g/mol. The summed E-state index contributed by atoms with van der Waals surface area (Å²) in [5.41, 5.74) is 0.699. The standard InChI is InChI=1S/C12H14Br2INO/c1-2-9(5-6-13)16-12(17)10-7-8(15)3-4-11(10)14/h3-4,7,9H,2,5-6H2,1H3,(H,16,17). The van der Waals surface area contributed by atoms with E-state index in [1.165, 1.54) is 0 Å². The lowest BCUT2D eigenvalue weighted by Gasteiger charge is -2.16. The van der Waals surface area contributed by atoms with E-state index in [2.05, 4.69) is 66.7 Å². The zero-order chi connectivity index (χ0) is 12.8. The smallest absolute Gasteiger partial charge is 0.252 e. The number of carbonyl (C=O) groups excluding carboxylic acids is 1. The Kier molecular flexibility index (Phi) is 7.02. The summed E-state index contributed by atoms with van der Waals surface area (Å²) in [5, 5.41) is 3.95. The van der Waals surface area contributed by atoms with Crippen molar-refractivity contribution in [2.75, 3.05) is 5.33 Å². The molecule has 1 rings (SSSR count). The molecule has 0 aliphatic carbocycles. The van der Waals surface area contributed by atoms with Gasteiger partial charge in [0.1, 0.15) is 0 Å². The number of amides is 1. The SMILES string of the molecule is CCC(CCBr)NC(=O)c1cc(I)ccc1Br. The third-order valence-corrected chi connectivity index (χ3v) is 4.28. The van der Waals surface area contributed by atoms with Gasteiger partial charge >= 0.3 is 0 Å². The highest BCUT2D eigenvalue weighted by Crippen LogP contribution is 2.19. The molecule has 1 aromatic rings. The summed E-state index contributed by atoms with van der Waals surface area (Å²) < 4.78 is 1.90. The molecule has 0 saturated heterocycles. The highest BCUT2D eigenvalue weighted by atomic mass is 127. The Labute approximate surface area is 132 Å². The number of halogens is 3. The molecule has 0 aliphatic heterocycles. The van der Waals surface area contributed by atoms with Gasteiger partial charge in [-0.1, -0.05) is 22.9 Å². The van der Waals surface area contributed by atoms with Gasteiger partial charge in [-0.25, -0.2) is 0 Å². The molecule has 0 aromatic heterocycles. The number of hydrogen-bond donors (Lipinski definition) is 1. The van der Waals surface area contributed by atoms with Gasteiger partial charge in [0.15, 0.2) is 0 Å². The normalized spacial score (nSPS) is 12.2. The van der Waals surface area contributed by atoms with Crippen LogP contribution in [0, 0.1) is 3.57 Å². The summed E-state index contributed by atoms with van der Waals surface area (Å²) in [6.45, 7) is 2.08. The predicted molar refractivity (Wildman–Crippen MR) is 86.8 cm³/mol. The highest BCUT2D eigenvalue weighted by Gasteiger charge is 2.14. The molecule has 1 unspecified atom stereocenters. The Hall–Kier alpha value is 0.380. The zero-order valence-corrected chi connectivity index (χ0v) is 14.8. The molecule has 1 amide bonds. The van der Waals surface area contributed by atoms with Gasteiger partial charge in [-0.15, -0.1) is 0 Å². The molecule has 1 aromatic carbocycles. The van der Waals surface area contributed by atoms with E-state index in [0.717, 1.165) is 26.2 Å². The first-order valence-electron chi connectivity index (χ1n) is 5.40. The molecule has 1 N–H and O–H groups in total. The molecule has 0 bridgehead atoms. The second-order valence-electron chi connectivity index (χ2n) is 3.68. The van der Waals surface area contributed by atoms with Gasteiger partial charge in [-0.3, -0.25) is 4.79 Å². The molecule has 0 spiro atoms. The number of rotatable bonds is 5. The summed E-state index contributed by atoms with van der Waals surface area (Å²) in [4.78, 5) is 12.1. The first-order valence-corrected chi connectivity index (χ1v) is 8.39. The van der Waals surface area contributed by atoms with Crippen LogP contribution in [0.3, 0.4) is 0 Å². The van der Waals surface area contributed by atoms with Gasteiger partial charge in [0.2, 0.25) is 0 Å². The molecule has 0 aliphatic rings. The third-order valence-electron chi connectivity index (χ3n) is 2.46. The first-order chi connectivity index (χ1) is 8.08. The van der Waals surface area contributed by atoms with Crippen molar-refractivity contribution in [1.82, 2.24) is 5.32 Å². The topological polar surface area (TPSA) is 29.1 Å². The van der Waals surface area contributed by atoms with E-state index in [4.69, 9.17) is 0 Å². The van der Waals surface area contributed by atoms with Crippen molar-refractivity contribution < 1.29 is 4.79 Å². The molecular formula is C12H14Br2INO. The van der Waals surface area contributed by atoms with Crippen LogP contribution >= 0.6 is 54.5 Å². The maximum Gasteiger partial charge on any atom is 0.252 e. The summed E-state index contributed by atoms with van der Waals surface area (Å²) >= 11 is 9.02. The minimum absolute atomic E-state index is 0.0109. The molecule has 0 radical (unpaired) electrons. The Bertz CT molecular complexity index is 398. The lowest BCUT2D eigenvalue weighted by molar-refractivity contribution is 0.0934. The molecule has 0 heterocycles. The van der Waals surface area contributed by atoms with Crippen LogP contribution in [0.4, 0.5) is 0 Å². The van der Waals surface area contributed by atoms with E-state index in [0.29, 0.717) is 5.56 Å². The van der Waals surface area contributed by atoms with Gasteiger partial charge in [-0.05, 0) is 69.6 Å². The minimum atomic E-state index is -0.0109. The number of nitrogens with one attached hydrogen (secondary N) is 1. The van der Waals surface area contributed by atoms with Crippen LogP contribution in [-0.2, 0) is 0 Å². The summed E-state index contributed by atoms with van der Waals surface area (Å²) in [6.07, 6.45) is 1.89. The van der Waals surface area contributed by atoms with Gasteiger partial charge in [0.05, 0.1) is 5.56 Å². The maximum atomic E-state index is 12.1. The lowest BCUT2D eigenvalue weighted by atomic mass is 10.1. The fourth-order valence-corrected chi connectivity index (χ4v) is 2.92. The van der Waals surface area contributed by atoms with E-state index in [1.54, 1.807) is 0 Å². The van der Waals surface area contributed by atoms with Crippen molar-refractivity contribution in [1.29, 1.82) is 0 Å². The molecule has 17 heavy (non-hydrogen) atoms. The van der Waals surface area contributed by atoms with Gasteiger partial charge in [-0.2, -0.15) is 0 Å². The van der Waals surface area contributed by atoms with Crippen molar-refractivity contribution in [3.05, 3.63) is 31.8 Å². The second kappa shape index (κ2) is 7.74. The van der Waals surface area contributed by atoms with Crippen LogP contribution in [0.5, 0.6) is 0 Å². The van der Waals surface area contributed by atoms with Gasteiger partial charge in [0, 0.05) is 19.4 Å². The molecule has 2 nitrogen and oxygen atoms in total. The van der Waals surface area contributed by atoms with E-state index < -0.39 is 0 Å². The van der Waals surface area contributed by atoms with Crippen molar-refractivity contribution in [3.63, 3.8) is 0 Å². The van der Waals surface area contributed by atoms with Crippen molar-refractivity contribution in [3.8, 4) is 0 Å². The van der Waals surface area contributed by atoms with Crippen LogP contribution in [0.15, 0.2) is 22.7 Å². The second-order valence-corrected chi connectivity index (χ2v) is 6.57. The van der Waals surface area contributed by atoms with Gasteiger partial charge < -0.3 is 5.32 Å². The molecule has 5 heteroatoms. The maximum absolute atomic E-state index is 12.1. The Balaban J connectivity index is 2.78. The largest absolute Gasteiger partial charge is 0.349 e. The van der Waals surface area contributed by atoms with Crippen LogP contribution in [0.2, 0.25) is 0 Å². The van der Waals surface area contributed by atoms with E-state index in [1.807, 2.05) is 18.2 Å². The fraction of sp³-hybridized carbons (Fsp3) is 0.417. The lowest BCUT2D eigenvalue weighted by Crippen LogP contribution is -2.34. The Morgan fingerprint density at radius 2 is 2.24 bits per heavy atom. The molecule has 1 atom stereocenters. The quantitative estimate of drug-likeness (QED) is 0.499. The minimum Gasteiger partial charge on any atom is -0.349 e. The van der Waals surface area contributed by atoms with Crippen LogP contribution < -0.4 is 5.32 Å². The molecule has 0 fully saturated rings. The Morgan fingerprint density at radius 3 is 2.82 bits per heavy atom. The van der Waals surface area contributed by atoms with Crippen LogP contribution in [0.1, 0.15) is 30.1 Å². The Morgan fingerprint density at radius 1 is 1.53 bits per heavy atom. The third kappa shape index (κ3) is 4.87. The van der Waals surface area contributed by atoms with Crippen LogP contribution in [0.25, 0.3) is 0 Å². The van der Waals surface area contributed by atoms with E-state index in [-0.39, 0.29) is 11.9 Å². The average Bonchev–Trinajstić information content (AvgIpc) is 2.31. The molecule has 0 saturated carbocycles. The zero-order valence-electron chi connectivity index (χ0n) is 9.47. The highest BCUT2D eigenvalue weighted by molar-refractivity contribution is 14.1. The van der Waals surface area contributed by atoms with Crippen LogP contribution in [-0.4, -0.2) is 17.3 Å². The summed E-state index contributed by atoms with van der Waals surface area (Å²) in [5.74, 6) is -0.0109. The molecule has 94 valence electrons. The summed E-state index contributed by atoms with van der Waals surface area (Å²) in [6, 6.07) is 5.99. The van der Waals surface area contributed by atoms with Crippen molar-refractivity contribution in [2.24, 2.45) is 0 Å². The van der Waals surface area contributed by atoms with Gasteiger partial charge in [0.25, 0.3) is 5.91 Å². The monoisotopic (exact) mass is 473 g/mol. The predicted octanol–water partition coefficient (Wildman–Crippen LogP) is 4.35.